The third-order valence-electron chi connectivity index (χ3n) is 4.40. The maximum atomic E-state index is 12.8. The molecule has 0 aliphatic heterocycles. The molecular formula is C20H18O6. The van der Waals surface area contributed by atoms with Crippen LogP contribution in [0, 0.1) is 0 Å². The summed E-state index contributed by atoms with van der Waals surface area (Å²) in [6.45, 7) is 0. The van der Waals surface area contributed by atoms with Crippen LogP contribution in [0.4, 0.5) is 0 Å². The molecule has 26 heavy (non-hydrogen) atoms. The van der Waals surface area contributed by atoms with Gasteiger partial charge in [0.1, 0.15) is 11.3 Å². The van der Waals surface area contributed by atoms with Gasteiger partial charge in [0.05, 0.1) is 14.2 Å². The van der Waals surface area contributed by atoms with Crippen molar-refractivity contribution in [2.45, 2.75) is 12.8 Å². The Morgan fingerprint density at radius 2 is 1.77 bits per heavy atom. The molecule has 0 fully saturated rings. The number of carbonyl (C=O) groups excluding carboxylic acids is 1. The number of hydrogen-bond donors (Lipinski definition) is 2. The van der Waals surface area contributed by atoms with Crippen molar-refractivity contribution in [1.29, 1.82) is 0 Å². The number of rotatable bonds is 4. The Morgan fingerprint density at radius 1 is 1.08 bits per heavy atom. The molecule has 6 nitrogen and oxygen atoms in total. The maximum absolute atomic E-state index is 12.8. The topological polar surface area (TPSA) is 93.1 Å². The molecule has 0 saturated carbocycles. The normalized spacial score (nSPS) is 14.8. The molecule has 134 valence electrons. The number of aromatic carboxylic acids is 1. The molecule has 2 aromatic carbocycles. The van der Waals surface area contributed by atoms with Crippen LogP contribution >= 0.6 is 0 Å². The lowest BCUT2D eigenvalue weighted by Gasteiger charge is -2.20. The molecule has 0 amide bonds. The van der Waals surface area contributed by atoms with E-state index >= 15 is 0 Å². The van der Waals surface area contributed by atoms with Gasteiger partial charge in [0, 0.05) is 11.1 Å². The van der Waals surface area contributed by atoms with Crippen molar-refractivity contribution in [3.05, 3.63) is 58.2 Å². The Bertz CT molecular complexity index is 926. The highest BCUT2D eigenvalue weighted by Gasteiger charge is 2.24. The van der Waals surface area contributed by atoms with Crippen molar-refractivity contribution in [3.8, 4) is 17.2 Å². The van der Waals surface area contributed by atoms with Crippen molar-refractivity contribution in [2.75, 3.05) is 14.2 Å². The summed E-state index contributed by atoms with van der Waals surface area (Å²) < 4.78 is 10.5. The van der Waals surface area contributed by atoms with Gasteiger partial charge in [-0.1, -0.05) is 6.07 Å². The molecule has 1 aliphatic carbocycles. The van der Waals surface area contributed by atoms with Crippen molar-refractivity contribution in [3.63, 3.8) is 0 Å². The number of hydrogen-bond acceptors (Lipinski definition) is 5. The number of carbonyl (C=O) groups is 2. The molecule has 0 aromatic heterocycles. The third kappa shape index (κ3) is 3.13. The lowest BCUT2D eigenvalue weighted by atomic mass is 9.85. The smallest absolute Gasteiger partial charge is 0.339 e. The monoisotopic (exact) mass is 354 g/mol. The first-order valence-corrected chi connectivity index (χ1v) is 8.01. The van der Waals surface area contributed by atoms with E-state index in [-0.39, 0.29) is 17.1 Å². The summed E-state index contributed by atoms with van der Waals surface area (Å²) in [6, 6.07) is 7.72. The van der Waals surface area contributed by atoms with Crippen LogP contribution in [0.15, 0.2) is 35.9 Å². The van der Waals surface area contributed by atoms with E-state index < -0.39 is 5.97 Å². The number of aryl methyl sites for hydroxylation is 1. The molecule has 1 aliphatic rings. The van der Waals surface area contributed by atoms with Gasteiger partial charge in [-0.3, -0.25) is 4.79 Å². The van der Waals surface area contributed by atoms with Gasteiger partial charge < -0.3 is 19.7 Å². The molecule has 0 unspecified atom stereocenters. The summed E-state index contributed by atoms with van der Waals surface area (Å²) in [5.41, 5.74) is 2.37. The van der Waals surface area contributed by atoms with Gasteiger partial charge in [-0.05, 0) is 54.3 Å². The molecule has 0 atom stereocenters. The summed E-state index contributed by atoms with van der Waals surface area (Å²) in [6.07, 6.45) is 2.86. The molecule has 0 spiro atoms. The van der Waals surface area contributed by atoms with Crippen LogP contribution in [-0.4, -0.2) is 36.2 Å². The standard InChI is InChI=1S/C20H18O6/c1-25-17-9-12-4-5-13(19(22)14(12)10-18(17)26-2)7-11-3-6-16(21)15(8-11)20(23)24/h3,6-10,21H,4-5H2,1-2H3,(H,23,24)/b13-7+. The molecular weight excluding hydrogens is 336 g/mol. The number of fused-ring (bicyclic) bond motifs is 1. The van der Waals surface area contributed by atoms with Gasteiger partial charge in [0.25, 0.3) is 0 Å². The minimum atomic E-state index is -1.22. The fourth-order valence-corrected chi connectivity index (χ4v) is 3.05. The SMILES string of the molecule is COc1cc2c(cc1OC)C(=O)/C(=C/c1ccc(O)c(C(=O)O)c1)CC2. The van der Waals surface area contributed by atoms with Gasteiger partial charge in [-0.25, -0.2) is 4.79 Å². The molecule has 0 radical (unpaired) electrons. The van der Waals surface area contributed by atoms with Crippen LogP contribution in [0.2, 0.25) is 0 Å². The zero-order valence-corrected chi connectivity index (χ0v) is 14.4. The molecule has 3 rings (SSSR count). The van der Waals surface area contributed by atoms with Gasteiger partial charge in [-0.15, -0.1) is 0 Å². The summed E-state index contributed by atoms with van der Waals surface area (Å²) in [7, 11) is 3.06. The number of ether oxygens (including phenoxy) is 2. The number of ketones is 1. The second-order valence-corrected chi connectivity index (χ2v) is 5.94. The molecule has 6 heteroatoms. The number of aromatic hydroxyl groups is 1. The molecule has 2 aromatic rings. The maximum Gasteiger partial charge on any atom is 0.339 e. The summed E-state index contributed by atoms with van der Waals surface area (Å²) in [5, 5.41) is 18.7. The van der Waals surface area contributed by atoms with E-state index in [1.807, 2.05) is 6.07 Å². The van der Waals surface area contributed by atoms with Crippen LogP contribution in [0.1, 0.15) is 38.3 Å². The van der Waals surface area contributed by atoms with Crippen molar-refractivity contribution in [1.82, 2.24) is 0 Å². The van der Waals surface area contributed by atoms with Crippen LogP contribution in [-0.2, 0) is 6.42 Å². The van der Waals surface area contributed by atoms with E-state index in [1.165, 1.54) is 19.2 Å². The Labute approximate surface area is 150 Å². The van der Waals surface area contributed by atoms with E-state index in [9.17, 15) is 14.7 Å². The average molecular weight is 354 g/mol. The predicted molar refractivity (Wildman–Crippen MR) is 95.2 cm³/mol. The lowest BCUT2D eigenvalue weighted by molar-refractivity contribution is 0.0693. The highest BCUT2D eigenvalue weighted by molar-refractivity contribution is 6.13. The molecule has 0 saturated heterocycles. The van der Waals surface area contributed by atoms with E-state index in [4.69, 9.17) is 14.6 Å². The molecule has 0 heterocycles. The van der Waals surface area contributed by atoms with Crippen LogP contribution in [0.3, 0.4) is 0 Å². The van der Waals surface area contributed by atoms with E-state index in [0.29, 0.717) is 41.0 Å². The van der Waals surface area contributed by atoms with Crippen molar-refractivity contribution < 1.29 is 29.3 Å². The molecule has 2 N–H and O–H groups in total. The zero-order chi connectivity index (χ0) is 18.8. The first-order valence-electron chi connectivity index (χ1n) is 8.01. The minimum Gasteiger partial charge on any atom is -0.507 e. The van der Waals surface area contributed by atoms with Gasteiger partial charge in [-0.2, -0.15) is 0 Å². The summed E-state index contributed by atoms with van der Waals surface area (Å²) in [5.74, 6) is -0.594. The Hall–Kier alpha value is -3.28. The quantitative estimate of drug-likeness (QED) is 0.818. The number of carboxylic acids is 1. The Kier molecular flexibility index (Phi) is 4.67. The van der Waals surface area contributed by atoms with E-state index in [0.717, 1.165) is 5.56 Å². The number of allylic oxidation sites excluding steroid dienone is 1. The largest absolute Gasteiger partial charge is 0.507 e. The van der Waals surface area contributed by atoms with E-state index in [1.54, 1.807) is 25.3 Å². The van der Waals surface area contributed by atoms with Gasteiger partial charge >= 0.3 is 5.97 Å². The fraction of sp³-hybridized carbons (Fsp3) is 0.200. The van der Waals surface area contributed by atoms with Crippen molar-refractivity contribution in [2.24, 2.45) is 0 Å². The number of benzene rings is 2. The second kappa shape index (κ2) is 6.92. The first kappa shape index (κ1) is 17.5. The zero-order valence-electron chi connectivity index (χ0n) is 14.4. The summed E-state index contributed by atoms with van der Waals surface area (Å²) >= 11 is 0. The number of carboxylic acid groups (broad SMARTS) is 1. The predicted octanol–water partition coefficient (Wildman–Crippen LogP) is 3.32. The summed E-state index contributed by atoms with van der Waals surface area (Å²) in [4.78, 5) is 24.0. The van der Waals surface area contributed by atoms with Gasteiger partial charge in [0.15, 0.2) is 17.3 Å². The van der Waals surface area contributed by atoms with Crippen LogP contribution in [0.25, 0.3) is 6.08 Å². The fourth-order valence-electron chi connectivity index (χ4n) is 3.05. The second-order valence-electron chi connectivity index (χ2n) is 5.94. The third-order valence-corrected chi connectivity index (χ3v) is 4.40. The van der Waals surface area contributed by atoms with E-state index in [2.05, 4.69) is 0 Å². The van der Waals surface area contributed by atoms with Crippen LogP contribution in [0.5, 0.6) is 17.2 Å². The van der Waals surface area contributed by atoms with Crippen molar-refractivity contribution >= 4 is 17.8 Å². The minimum absolute atomic E-state index is 0.128. The highest BCUT2D eigenvalue weighted by Crippen LogP contribution is 2.36. The number of Topliss-reactive ketones (excluding diaryl/α,β-unsaturated/α-hetero) is 1. The Morgan fingerprint density at radius 3 is 2.42 bits per heavy atom. The average Bonchev–Trinajstić information content (AvgIpc) is 2.64. The Balaban J connectivity index is 2.00. The number of methoxy groups -OCH3 is 2. The lowest BCUT2D eigenvalue weighted by Crippen LogP contribution is -2.14. The first-order chi connectivity index (χ1) is 12.4. The molecule has 0 bridgehead atoms. The number of phenols is 1. The van der Waals surface area contributed by atoms with Crippen LogP contribution < -0.4 is 9.47 Å². The highest BCUT2D eigenvalue weighted by atomic mass is 16.5. The van der Waals surface area contributed by atoms with Gasteiger partial charge in [0.2, 0.25) is 0 Å².